The molecule has 1 aromatic heterocycles. The van der Waals surface area contributed by atoms with Crippen LogP contribution in [0.1, 0.15) is 11.1 Å². The van der Waals surface area contributed by atoms with Crippen LogP contribution in [0.2, 0.25) is 0 Å². The Morgan fingerprint density at radius 1 is 1.19 bits per heavy atom. The third-order valence-electron chi connectivity index (χ3n) is 3.42. The quantitative estimate of drug-likeness (QED) is 0.718. The van der Waals surface area contributed by atoms with Gasteiger partial charge in [-0.1, -0.05) is 12.1 Å². The first-order chi connectivity index (χ1) is 10.1. The van der Waals surface area contributed by atoms with E-state index < -0.39 is 0 Å². The minimum atomic E-state index is -0.259. The summed E-state index contributed by atoms with van der Waals surface area (Å²) in [5.41, 5.74) is 3.93. The Labute approximate surface area is 131 Å². The molecule has 0 atom stereocenters. The number of pyridine rings is 1. The smallest absolute Gasteiger partial charge is 0.139 e. The van der Waals surface area contributed by atoms with Gasteiger partial charge in [-0.15, -0.1) is 0 Å². The fourth-order valence-electron chi connectivity index (χ4n) is 2.27. The van der Waals surface area contributed by atoms with Crippen molar-refractivity contribution in [2.45, 2.75) is 13.5 Å². The van der Waals surface area contributed by atoms with Crippen LogP contribution in [0.25, 0.3) is 10.9 Å². The van der Waals surface area contributed by atoms with Crippen molar-refractivity contribution in [2.75, 3.05) is 5.32 Å². The minimum absolute atomic E-state index is 0.259. The molecule has 106 valence electrons. The SMILES string of the molecule is Cc1cc(Br)c(F)cc1NCc1ccc2ncccc2c1. The molecule has 0 radical (unpaired) electrons. The number of anilines is 1. The number of hydrogen-bond donors (Lipinski definition) is 1. The Hall–Kier alpha value is -1.94. The van der Waals surface area contributed by atoms with Crippen molar-refractivity contribution in [3.8, 4) is 0 Å². The zero-order valence-electron chi connectivity index (χ0n) is 11.5. The maximum atomic E-state index is 13.6. The number of aryl methyl sites for hydroxylation is 1. The average Bonchev–Trinajstić information content (AvgIpc) is 2.49. The Balaban J connectivity index is 1.81. The molecule has 0 amide bonds. The first-order valence-electron chi connectivity index (χ1n) is 6.66. The van der Waals surface area contributed by atoms with Crippen molar-refractivity contribution in [1.82, 2.24) is 4.98 Å². The molecule has 1 N–H and O–H groups in total. The molecule has 0 saturated carbocycles. The summed E-state index contributed by atoms with van der Waals surface area (Å²) in [7, 11) is 0. The number of benzene rings is 2. The summed E-state index contributed by atoms with van der Waals surface area (Å²) in [5.74, 6) is -0.259. The number of nitrogens with one attached hydrogen (secondary N) is 1. The molecule has 2 aromatic carbocycles. The molecule has 2 nitrogen and oxygen atoms in total. The average molecular weight is 345 g/mol. The maximum absolute atomic E-state index is 13.6. The minimum Gasteiger partial charge on any atom is -0.381 e. The van der Waals surface area contributed by atoms with E-state index in [0.717, 1.165) is 27.7 Å². The van der Waals surface area contributed by atoms with Crippen LogP contribution >= 0.6 is 15.9 Å². The lowest BCUT2D eigenvalue weighted by molar-refractivity contribution is 0.621. The number of aromatic nitrogens is 1. The summed E-state index contributed by atoms with van der Waals surface area (Å²) in [5, 5.41) is 4.39. The summed E-state index contributed by atoms with van der Waals surface area (Å²) in [6, 6.07) is 13.4. The molecule has 0 bridgehead atoms. The molecule has 3 rings (SSSR count). The molecule has 0 fully saturated rings. The van der Waals surface area contributed by atoms with Gasteiger partial charge in [0, 0.05) is 23.8 Å². The second kappa shape index (κ2) is 5.82. The summed E-state index contributed by atoms with van der Waals surface area (Å²) in [6.45, 7) is 2.60. The Morgan fingerprint density at radius 3 is 2.90 bits per heavy atom. The Morgan fingerprint density at radius 2 is 2.05 bits per heavy atom. The van der Waals surface area contributed by atoms with Crippen molar-refractivity contribution >= 4 is 32.5 Å². The first-order valence-corrected chi connectivity index (χ1v) is 7.46. The van der Waals surface area contributed by atoms with Gasteiger partial charge in [0.1, 0.15) is 5.82 Å². The van der Waals surface area contributed by atoms with E-state index in [1.165, 1.54) is 6.07 Å². The van der Waals surface area contributed by atoms with Gasteiger partial charge in [-0.3, -0.25) is 4.98 Å². The molecular formula is C17H14BrFN2. The van der Waals surface area contributed by atoms with E-state index in [2.05, 4.69) is 32.3 Å². The third-order valence-corrected chi connectivity index (χ3v) is 4.03. The fraction of sp³-hybridized carbons (Fsp3) is 0.118. The van der Waals surface area contributed by atoms with E-state index in [1.54, 1.807) is 12.3 Å². The summed E-state index contributed by atoms with van der Waals surface area (Å²) < 4.78 is 14.1. The second-order valence-corrected chi connectivity index (χ2v) is 5.82. The lowest BCUT2D eigenvalue weighted by Crippen LogP contribution is -2.02. The number of hydrogen-bond acceptors (Lipinski definition) is 2. The van der Waals surface area contributed by atoms with Gasteiger partial charge in [-0.05, 0) is 64.3 Å². The van der Waals surface area contributed by atoms with Gasteiger partial charge >= 0.3 is 0 Å². The van der Waals surface area contributed by atoms with E-state index >= 15 is 0 Å². The zero-order chi connectivity index (χ0) is 14.8. The van der Waals surface area contributed by atoms with Gasteiger partial charge in [0.2, 0.25) is 0 Å². The van der Waals surface area contributed by atoms with E-state index in [9.17, 15) is 4.39 Å². The molecular weight excluding hydrogens is 331 g/mol. The Kier molecular flexibility index (Phi) is 3.88. The van der Waals surface area contributed by atoms with Crippen LogP contribution < -0.4 is 5.32 Å². The van der Waals surface area contributed by atoms with Gasteiger partial charge in [-0.2, -0.15) is 0 Å². The maximum Gasteiger partial charge on any atom is 0.139 e. The second-order valence-electron chi connectivity index (χ2n) is 4.97. The molecule has 4 heteroatoms. The summed E-state index contributed by atoms with van der Waals surface area (Å²) in [6.07, 6.45) is 1.79. The highest BCUT2D eigenvalue weighted by Gasteiger charge is 2.05. The van der Waals surface area contributed by atoms with Gasteiger partial charge in [0.25, 0.3) is 0 Å². The molecule has 3 aromatic rings. The van der Waals surface area contributed by atoms with Crippen LogP contribution in [0, 0.1) is 12.7 Å². The molecule has 0 spiro atoms. The summed E-state index contributed by atoms with van der Waals surface area (Å²) in [4.78, 5) is 4.30. The molecule has 0 aliphatic heterocycles. The van der Waals surface area contributed by atoms with E-state index in [0.29, 0.717) is 11.0 Å². The molecule has 21 heavy (non-hydrogen) atoms. The number of halogens is 2. The normalized spacial score (nSPS) is 10.8. The molecule has 0 aliphatic carbocycles. The van der Waals surface area contributed by atoms with E-state index in [4.69, 9.17) is 0 Å². The van der Waals surface area contributed by atoms with E-state index in [1.807, 2.05) is 31.2 Å². The number of rotatable bonds is 3. The van der Waals surface area contributed by atoms with Gasteiger partial charge in [0.15, 0.2) is 0 Å². The lowest BCUT2D eigenvalue weighted by Gasteiger charge is -2.11. The topological polar surface area (TPSA) is 24.9 Å². The van der Waals surface area contributed by atoms with Crippen LogP contribution in [0.3, 0.4) is 0 Å². The lowest BCUT2D eigenvalue weighted by atomic mass is 10.1. The predicted molar refractivity (Wildman–Crippen MR) is 87.9 cm³/mol. The van der Waals surface area contributed by atoms with Crippen LogP contribution in [-0.4, -0.2) is 4.98 Å². The van der Waals surface area contributed by atoms with Crippen molar-refractivity contribution in [3.05, 3.63) is 70.1 Å². The fourth-order valence-corrected chi connectivity index (χ4v) is 2.73. The van der Waals surface area contributed by atoms with Crippen LogP contribution in [-0.2, 0) is 6.54 Å². The van der Waals surface area contributed by atoms with Crippen molar-refractivity contribution in [3.63, 3.8) is 0 Å². The highest BCUT2D eigenvalue weighted by molar-refractivity contribution is 9.10. The summed E-state index contributed by atoms with van der Waals surface area (Å²) >= 11 is 3.19. The van der Waals surface area contributed by atoms with Crippen LogP contribution in [0.5, 0.6) is 0 Å². The van der Waals surface area contributed by atoms with Crippen LogP contribution in [0.4, 0.5) is 10.1 Å². The van der Waals surface area contributed by atoms with Gasteiger partial charge < -0.3 is 5.32 Å². The van der Waals surface area contributed by atoms with E-state index in [-0.39, 0.29) is 5.82 Å². The monoisotopic (exact) mass is 344 g/mol. The third kappa shape index (κ3) is 3.05. The highest BCUT2D eigenvalue weighted by atomic mass is 79.9. The predicted octanol–water partition coefficient (Wildman–Crippen LogP) is 5.06. The zero-order valence-corrected chi connectivity index (χ0v) is 13.1. The van der Waals surface area contributed by atoms with Crippen molar-refractivity contribution in [2.24, 2.45) is 0 Å². The van der Waals surface area contributed by atoms with Gasteiger partial charge in [-0.25, -0.2) is 4.39 Å². The molecule has 0 aliphatic rings. The van der Waals surface area contributed by atoms with Crippen molar-refractivity contribution < 1.29 is 4.39 Å². The molecule has 1 heterocycles. The standard InChI is InChI=1S/C17H14BrFN2/c1-11-7-14(18)15(19)9-17(11)21-10-12-4-5-16-13(8-12)3-2-6-20-16/h2-9,21H,10H2,1H3. The highest BCUT2D eigenvalue weighted by Crippen LogP contribution is 2.24. The first kappa shape index (κ1) is 14.0. The molecule has 0 unspecified atom stereocenters. The van der Waals surface area contributed by atoms with Gasteiger partial charge in [0.05, 0.1) is 9.99 Å². The molecule has 0 saturated heterocycles. The Bertz CT molecular complexity index is 802. The van der Waals surface area contributed by atoms with Crippen molar-refractivity contribution in [1.29, 1.82) is 0 Å². The van der Waals surface area contributed by atoms with Crippen LogP contribution in [0.15, 0.2) is 53.1 Å². The number of nitrogens with zero attached hydrogens (tertiary/aromatic N) is 1. The largest absolute Gasteiger partial charge is 0.381 e. The number of fused-ring (bicyclic) bond motifs is 1.